The van der Waals surface area contributed by atoms with Gasteiger partial charge in [0, 0.05) is 6.54 Å². The van der Waals surface area contributed by atoms with E-state index in [0.29, 0.717) is 24.8 Å². The molecule has 41 heavy (non-hydrogen) atoms. The number of piperidine rings is 1. The van der Waals surface area contributed by atoms with Gasteiger partial charge in [-0.05, 0) is 70.7 Å². The maximum Gasteiger partial charge on any atom is 0.315 e. The smallest absolute Gasteiger partial charge is 0.315 e. The zero-order valence-electron chi connectivity index (χ0n) is 24.8. The third kappa shape index (κ3) is 6.78. The summed E-state index contributed by atoms with van der Waals surface area (Å²) in [7, 11) is 1.38. The van der Waals surface area contributed by atoms with Crippen molar-refractivity contribution in [2.45, 2.75) is 64.4 Å². The fourth-order valence-corrected chi connectivity index (χ4v) is 4.89. The number of hydrogen-bond acceptors (Lipinski definition) is 8. The molecule has 0 radical (unpaired) electrons. The number of methoxy groups -OCH3 is 1. The number of amides is 1. The number of esters is 1. The average molecular weight is 561 g/mol. The van der Waals surface area contributed by atoms with Gasteiger partial charge in [-0.15, -0.1) is 0 Å². The average Bonchev–Trinajstić information content (AvgIpc) is 2.98. The Morgan fingerprint density at radius 2 is 1.63 bits per heavy atom. The van der Waals surface area contributed by atoms with Crippen molar-refractivity contribution in [3.05, 3.63) is 72.1 Å². The first kappa shape index (κ1) is 29.8. The molecular formula is C32H40N4O5. The lowest BCUT2D eigenvalue weighted by Gasteiger charge is -2.34. The highest BCUT2D eigenvalue weighted by Gasteiger charge is 2.34. The Kier molecular flexibility index (Phi) is 9.15. The van der Waals surface area contributed by atoms with Gasteiger partial charge in [0.1, 0.15) is 11.9 Å². The lowest BCUT2D eigenvalue weighted by Crippen LogP contribution is -2.42. The summed E-state index contributed by atoms with van der Waals surface area (Å²) in [5, 5.41) is 2.94. The highest BCUT2D eigenvalue weighted by molar-refractivity contribution is 5.98. The maximum absolute atomic E-state index is 13.4. The van der Waals surface area contributed by atoms with Gasteiger partial charge >= 0.3 is 5.97 Å². The highest BCUT2D eigenvalue weighted by atomic mass is 16.5. The number of nitrogens with one attached hydrogen (secondary N) is 1. The van der Waals surface area contributed by atoms with E-state index in [0.717, 1.165) is 42.0 Å². The summed E-state index contributed by atoms with van der Waals surface area (Å²) >= 11 is 0. The molecule has 1 saturated heterocycles. The van der Waals surface area contributed by atoms with Crippen LogP contribution in [0, 0.1) is 0 Å². The molecule has 9 heteroatoms. The number of rotatable bonds is 10. The molecule has 4 rings (SSSR count). The van der Waals surface area contributed by atoms with Crippen LogP contribution < -0.4 is 19.7 Å². The van der Waals surface area contributed by atoms with Gasteiger partial charge in [-0.1, -0.05) is 36.4 Å². The van der Waals surface area contributed by atoms with Crippen molar-refractivity contribution in [2.24, 2.45) is 0 Å². The summed E-state index contributed by atoms with van der Waals surface area (Å²) in [5.41, 5.74) is -0.0233. The highest BCUT2D eigenvalue weighted by Crippen LogP contribution is 2.31. The number of aromatic nitrogens is 2. The molecule has 218 valence electrons. The number of para-hydroxylation sites is 2. The van der Waals surface area contributed by atoms with Gasteiger partial charge in [0.25, 0.3) is 0 Å². The Morgan fingerprint density at radius 1 is 0.976 bits per heavy atom. The molecule has 0 aliphatic carbocycles. The molecule has 1 fully saturated rings. The second-order valence-electron chi connectivity index (χ2n) is 11.2. The zero-order chi connectivity index (χ0) is 29.6. The van der Waals surface area contributed by atoms with Gasteiger partial charge in [0.15, 0.2) is 17.3 Å². The van der Waals surface area contributed by atoms with Crippen LogP contribution in [0.2, 0.25) is 0 Å². The minimum Gasteiger partial charge on any atom is -0.490 e. The molecule has 0 bridgehead atoms. The minimum absolute atomic E-state index is 0.0310. The Morgan fingerprint density at radius 3 is 2.29 bits per heavy atom. The summed E-state index contributed by atoms with van der Waals surface area (Å²) in [6.45, 7) is 11.3. The molecule has 1 aliphatic heterocycles. The van der Waals surface area contributed by atoms with Crippen molar-refractivity contribution in [3.8, 4) is 11.5 Å². The molecule has 1 amide bonds. The van der Waals surface area contributed by atoms with Crippen molar-refractivity contribution in [1.82, 2.24) is 9.97 Å². The second kappa shape index (κ2) is 12.6. The molecule has 2 heterocycles. The van der Waals surface area contributed by atoms with Crippen LogP contribution in [0.1, 0.15) is 58.6 Å². The molecule has 0 spiro atoms. The summed E-state index contributed by atoms with van der Waals surface area (Å²) < 4.78 is 17.0. The van der Waals surface area contributed by atoms with Gasteiger partial charge in [-0.3, -0.25) is 14.6 Å². The number of carbonyl (C=O) groups is 2. The predicted octanol–water partition coefficient (Wildman–Crippen LogP) is 5.29. The molecule has 1 N–H and O–H groups in total. The quantitative estimate of drug-likeness (QED) is 0.334. The molecule has 1 atom stereocenters. The number of nitrogens with zero attached hydrogens (tertiary/aromatic N) is 3. The van der Waals surface area contributed by atoms with Crippen LogP contribution in [-0.4, -0.2) is 54.8 Å². The van der Waals surface area contributed by atoms with E-state index in [-0.39, 0.29) is 18.0 Å². The van der Waals surface area contributed by atoms with E-state index in [1.165, 1.54) is 7.11 Å². The number of hydrogen-bond donors (Lipinski definition) is 1. The van der Waals surface area contributed by atoms with E-state index in [1.807, 2.05) is 83.1 Å². The Bertz CT molecular complexity index is 1360. The molecule has 0 saturated carbocycles. The third-order valence-corrected chi connectivity index (χ3v) is 7.60. The van der Waals surface area contributed by atoms with Crippen molar-refractivity contribution in [1.29, 1.82) is 0 Å². The molecule has 2 aromatic carbocycles. The maximum atomic E-state index is 13.4. The van der Waals surface area contributed by atoms with Crippen molar-refractivity contribution in [3.63, 3.8) is 0 Å². The monoisotopic (exact) mass is 560 g/mol. The van der Waals surface area contributed by atoms with Gasteiger partial charge in [-0.25, -0.2) is 4.98 Å². The van der Waals surface area contributed by atoms with E-state index in [2.05, 4.69) is 15.2 Å². The largest absolute Gasteiger partial charge is 0.490 e. The molecule has 9 nitrogen and oxygen atoms in total. The molecule has 1 aliphatic rings. The van der Waals surface area contributed by atoms with E-state index in [9.17, 15) is 9.59 Å². The zero-order valence-corrected chi connectivity index (χ0v) is 24.8. The lowest BCUT2D eigenvalue weighted by atomic mass is 9.80. The summed E-state index contributed by atoms with van der Waals surface area (Å²) in [4.78, 5) is 36.8. The number of anilines is 2. The van der Waals surface area contributed by atoms with Crippen LogP contribution in [0.5, 0.6) is 11.5 Å². The van der Waals surface area contributed by atoms with Crippen LogP contribution in [0.15, 0.2) is 60.9 Å². The standard InChI is InChI=1S/C32H40N4O5/c1-7-40-25-12-8-9-13-26(25)41-24-11-10-18-36(21-24)28-20-33-19-27(34-28)35-29(37)31(2,3)22-14-16-23(17-15-22)32(4,5)30(38)39-6/h8-9,12-17,19-20,24H,7,10-11,18,21H2,1-6H3,(H,34,35,37)/t24-/m1/s1. The van der Waals surface area contributed by atoms with Crippen LogP contribution >= 0.6 is 0 Å². The van der Waals surface area contributed by atoms with Gasteiger partial charge in [0.2, 0.25) is 5.91 Å². The number of benzene rings is 2. The normalized spacial score (nSPS) is 15.7. The number of carbonyl (C=O) groups excluding carboxylic acids is 2. The molecule has 0 unspecified atom stereocenters. The SMILES string of the molecule is CCOc1ccccc1O[C@@H]1CCCN(c2cncc(NC(=O)C(C)(C)c3ccc(C(C)(C)C(=O)OC)cc3)n2)C1. The van der Waals surface area contributed by atoms with E-state index >= 15 is 0 Å². The van der Waals surface area contributed by atoms with Crippen LogP contribution in [0.3, 0.4) is 0 Å². The van der Waals surface area contributed by atoms with E-state index < -0.39 is 10.8 Å². The van der Waals surface area contributed by atoms with Crippen molar-refractivity contribution in [2.75, 3.05) is 37.0 Å². The Hall–Kier alpha value is -4.14. The molecular weight excluding hydrogens is 520 g/mol. The van der Waals surface area contributed by atoms with Gasteiger partial charge in [0.05, 0.1) is 43.5 Å². The lowest BCUT2D eigenvalue weighted by molar-refractivity contribution is -0.146. The summed E-state index contributed by atoms with van der Waals surface area (Å²) in [5.74, 6) is 2.01. The van der Waals surface area contributed by atoms with Crippen LogP contribution in [-0.2, 0) is 25.2 Å². The Balaban J connectivity index is 1.43. The number of ether oxygens (including phenoxy) is 3. The first-order valence-electron chi connectivity index (χ1n) is 14.0. The fourth-order valence-electron chi connectivity index (χ4n) is 4.89. The van der Waals surface area contributed by atoms with Gasteiger partial charge < -0.3 is 24.4 Å². The topological polar surface area (TPSA) is 103 Å². The minimum atomic E-state index is -0.858. The van der Waals surface area contributed by atoms with Crippen LogP contribution in [0.25, 0.3) is 0 Å². The second-order valence-corrected chi connectivity index (χ2v) is 11.2. The van der Waals surface area contributed by atoms with Crippen molar-refractivity contribution >= 4 is 23.5 Å². The summed E-state index contributed by atoms with van der Waals surface area (Å²) in [6, 6.07) is 15.2. The molecule has 1 aromatic heterocycles. The van der Waals surface area contributed by atoms with Crippen molar-refractivity contribution < 1.29 is 23.8 Å². The first-order chi connectivity index (χ1) is 19.6. The third-order valence-electron chi connectivity index (χ3n) is 7.60. The predicted molar refractivity (Wildman–Crippen MR) is 159 cm³/mol. The Labute approximate surface area is 242 Å². The molecule has 3 aromatic rings. The van der Waals surface area contributed by atoms with Gasteiger partial charge in [-0.2, -0.15) is 0 Å². The first-order valence-corrected chi connectivity index (χ1v) is 14.0. The summed E-state index contributed by atoms with van der Waals surface area (Å²) in [6.07, 6.45) is 5.09. The van der Waals surface area contributed by atoms with E-state index in [1.54, 1.807) is 12.4 Å². The van der Waals surface area contributed by atoms with E-state index in [4.69, 9.17) is 19.2 Å². The fraction of sp³-hybridized carbons (Fsp3) is 0.438. The van der Waals surface area contributed by atoms with Crippen LogP contribution in [0.4, 0.5) is 11.6 Å².